The van der Waals surface area contributed by atoms with Gasteiger partial charge in [0.05, 0.1) is 12.7 Å². The van der Waals surface area contributed by atoms with Gasteiger partial charge in [-0.05, 0) is 55.5 Å². The van der Waals surface area contributed by atoms with Crippen molar-refractivity contribution in [3.8, 4) is 5.75 Å². The number of amides is 2. The number of hydrogen-bond acceptors (Lipinski definition) is 4. The van der Waals surface area contributed by atoms with E-state index >= 15 is 0 Å². The number of carbonyl (C=O) groups excluding carboxylic acids is 2. The zero-order valence-electron chi connectivity index (χ0n) is 19.4. The molecule has 0 spiro atoms. The fourth-order valence-electron chi connectivity index (χ4n) is 3.94. The van der Waals surface area contributed by atoms with Gasteiger partial charge >= 0.3 is 0 Å². The Morgan fingerprint density at radius 3 is 2.44 bits per heavy atom. The summed E-state index contributed by atoms with van der Waals surface area (Å²) >= 11 is 0. The lowest BCUT2D eigenvalue weighted by Crippen LogP contribution is -2.46. The molecule has 3 rings (SSSR count). The van der Waals surface area contributed by atoms with Gasteiger partial charge in [-0.2, -0.15) is 0 Å². The molecule has 1 fully saturated rings. The van der Waals surface area contributed by atoms with E-state index in [1.165, 1.54) is 0 Å². The van der Waals surface area contributed by atoms with Crippen molar-refractivity contribution in [2.75, 3.05) is 31.6 Å². The molecule has 1 heterocycles. The molecule has 0 aromatic heterocycles. The average molecular weight is 438 g/mol. The van der Waals surface area contributed by atoms with Crippen molar-refractivity contribution in [2.45, 2.75) is 45.6 Å². The average Bonchev–Trinajstić information content (AvgIpc) is 2.84. The van der Waals surface area contributed by atoms with Crippen LogP contribution in [-0.2, 0) is 11.2 Å². The third-order valence-electron chi connectivity index (χ3n) is 6.25. The van der Waals surface area contributed by atoms with Gasteiger partial charge in [-0.3, -0.25) is 9.59 Å². The summed E-state index contributed by atoms with van der Waals surface area (Å²) in [6.45, 7) is 6.21. The van der Waals surface area contributed by atoms with E-state index in [0.717, 1.165) is 55.8 Å². The normalized spacial score (nSPS) is 15.2. The fraction of sp³-hybridized carbons (Fsp3) is 0.462. The van der Waals surface area contributed by atoms with Crippen LogP contribution in [0.3, 0.4) is 0 Å². The lowest BCUT2D eigenvalue weighted by molar-refractivity contribution is -0.125. The van der Waals surface area contributed by atoms with Crippen molar-refractivity contribution >= 4 is 17.5 Å². The Hall–Kier alpha value is -3.02. The first-order valence-corrected chi connectivity index (χ1v) is 11.6. The van der Waals surface area contributed by atoms with E-state index in [1.54, 1.807) is 7.11 Å². The predicted octanol–water partition coefficient (Wildman–Crippen LogP) is 3.80. The van der Waals surface area contributed by atoms with Crippen molar-refractivity contribution in [3.63, 3.8) is 0 Å². The van der Waals surface area contributed by atoms with Gasteiger partial charge in [0.2, 0.25) is 5.91 Å². The molecule has 1 saturated heterocycles. The molecule has 6 heteroatoms. The summed E-state index contributed by atoms with van der Waals surface area (Å²) in [6, 6.07) is 15.9. The minimum atomic E-state index is -0.0543. The molecule has 1 aliphatic heterocycles. The molecule has 1 aliphatic rings. The quantitative estimate of drug-likeness (QED) is 0.626. The zero-order chi connectivity index (χ0) is 22.9. The van der Waals surface area contributed by atoms with Gasteiger partial charge in [-0.25, -0.2) is 0 Å². The Balaban J connectivity index is 1.53. The van der Waals surface area contributed by atoms with Gasteiger partial charge in [-0.15, -0.1) is 0 Å². The Bertz CT molecular complexity index is 889. The van der Waals surface area contributed by atoms with Crippen LogP contribution in [0.25, 0.3) is 0 Å². The highest BCUT2D eigenvalue weighted by Gasteiger charge is 2.24. The summed E-state index contributed by atoms with van der Waals surface area (Å²) in [6.07, 6.45) is 3.38. The third-order valence-corrected chi connectivity index (χ3v) is 6.25. The Morgan fingerprint density at radius 2 is 1.78 bits per heavy atom. The second-order valence-corrected chi connectivity index (χ2v) is 8.45. The summed E-state index contributed by atoms with van der Waals surface area (Å²) in [5, 5.41) is 6.23. The van der Waals surface area contributed by atoms with Gasteiger partial charge in [0.1, 0.15) is 5.75 Å². The zero-order valence-corrected chi connectivity index (χ0v) is 19.4. The number of anilines is 1. The first kappa shape index (κ1) is 23.6. The van der Waals surface area contributed by atoms with E-state index in [4.69, 9.17) is 4.74 Å². The minimum absolute atomic E-state index is 0.0513. The fourth-order valence-corrected chi connectivity index (χ4v) is 3.94. The van der Waals surface area contributed by atoms with Crippen molar-refractivity contribution in [3.05, 3.63) is 59.7 Å². The lowest BCUT2D eigenvalue weighted by Gasteiger charge is -2.35. The summed E-state index contributed by atoms with van der Waals surface area (Å²) in [5.41, 5.74) is 2.81. The molecule has 0 bridgehead atoms. The van der Waals surface area contributed by atoms with E-state index in [9.17, 15) is 9.59 Å². The van der Waals surface area contributed by atoms with Crippen molar-refractivity contribution in [2.24, 2.45) is 5.92 Å². The monoisotopic (exact) mass is 437 g/mol. The summed E-state index contributed by atoms with van der Waals surface area (Å²) < 4.78 is 5.19. The molecule has 6 nitrogen and oxygen atoms in total. The van der Waals surface area contributed by atoms with Gasteiger partial charge in [-0.1, -0.05) is 38.1 Å². The maximum absolute atomic E-state index is 12.9. The molecule has 2 aromatic rings. The maximum atomic E-state index is 12.9. The first-order chi connectivity index (χ1) is 15.5. The van der Waals surface area contributed by atoms with Crippen LogP contribution in [-0.4, -0.2) is 44.6 Å². The second-order valence-electron chi connectivity index (χ2n) is 8.45. The van der Waals surface area contributed by atoms with Crippen LogP contribution in [0.5, 0.6) is 5.75 Å². The second kappa shape index (κ2) is 11.6. The summed E-state index contributed by atoms with van der Waals surface area (Å²) in [7, 11) is 1.65. The molecule has 2 N–H and O–H groups in total. The maximum Gasteiger partial charge on any atom is 0.253 e. The molecule has 0 saturated carbocycles. The number of benzene rings is 2. The van der Waals surface area contributed by atoms with Crippen molar-refractivity contribution in [1.29, 1.82) is 0 Å². The number of methoxy groups -OCH3 is 1. The van der Waals surface area contributed by atoms with Crippen LogP contribution in [0.4, 0.5) is 5.69 Å². The SMILES string of the molecule is CCC(C)C(=O)NC1CCN(c2ccccc2C(=O)NCCc2ccc(OC)cc2)CC1. The van der Waals surface area contributed by atoms with Gasteiger partial charge < -0.3 is 20.3 Å². The largest absolute Gasteiger partial charge is 0.497 e. The topological polar surface area (TPSA) is 70.7 Å². The highest BCUT2D eigenvalue weighted by molar-refractivity contribution is 5.99. The first-order valence-electron chi connectivity index (χ1n) is 11.6. The number of piperidine rings is 1. The van der Waals surface area contributed by atoms with Crippen LogP contribution in [0.1, 0.15) is 49.0 Å². The molecule has 0 radical (unpaired) electrons. The van der Waals surface area contributed by atoms with Crippen LogP contribution >= 0.6 is 0 Å². The highest BCUT2D eigenvalue weighted by atomic mass is 16.5. The van der Waals surface area contributed by atoms with E-state index in [2.05, 4.69) is 15.5 Å². The summed E-state index contributed by atoms with van der Waals surface area (Å²) in [5.74, 6) is 0.967. The Kier molecular flexibility index (Phi) is 8.54. The van der Waals surface area contributed by atoms with Gasteiger partial charge in [0, 0.05) is 37.3 Å². The number of nitrogens with zero attached hydrogens (tertiary/aromatic N) is 1. The molecular formula is C26H35N3O3. The van der Waals surface area contributed by atoms with E-state index in [0.29, 0.717) is 12.1 Å². The lowest BCUT2D eigenvalue weighted by atomic mass is 10.0. The molecule has 2 aromatic carbocycles. The molecule has 2 amide bonds. The molecule has 32 heavy (non-hydrogen) atoms. The number of nitrogens with one attached hydrogen (secondary N) is 2. The van der Waals surface area contributed by atoms with Crippen molar-refractivity contribution < 1.29 is 14.3 Å². The number of carbonyl (C=O) groups is 2. The molecule has 0 aliphatic carbocycles. The molecular weight excluding hydrogens is 402 g/mol. The van der Waals surface area contributed by atoms with Crippen LogP contribution in [0.2, 0.25) is 0 Å². The molecule has 1 unspecified atom stereocenters. The van der Waals surface area contributed by atoms with E-state index in [1.807, 2.05) is 62.4 Å². The highest BCUT2D eigenvalue weighted by Crippen LogP contribution is 2.24. The Labute approximate surface area is 191 Å². The standard InChI is InChI=1S/C26H35N3O3/c1-4-19(2)25(30)28-21-14-17-29(18-15-21)24-8-6-5-7-23(24)26(31)27-16-13-20-9-11-22(32-3)12-10-20/h5-12,19,21H,4,13-18H2,1-3H3,(H,27,31)(H,28,30). The number of rotatable bonds is 9. The van der Waals surface area contributed by atoms with Crippen LogP contribution in [0, 0.1) is 5.92 Å². The van der Waals surface area contributed by atoms with Crippen molar-refractivity contribution in [1.82, 2.24) is 10.6 Å². The van der Waals surface area contributed by atoms with Gasteiger partial charge in [0.15, 0.2) is 0 Å². The third kappa shape index (κ3) is 6.25. The smallest absolute Gasteiger partial charge is 0.253 e. The van der Waals surface area contributed by atoms with Crippen LogP contribution in [0.15, 0.2) is 48.5 Å². The number of hydrogen-bond donors (Lipinski definition) is 2. The number of ether oxygens (including phenoxy) is 1. The van der Waals surface area contributed by atoms with Crippen LogP contribution < -0.4 is 20.3 Å². The number of para-hydroxylation sites is 1. The predicted molar refractivity (Wildman–Crippen MR) is 128 cm³/mol. The van der Waals surface area contributed by atoms with E-state index in [-0.39, 0.29) is 23.8 Å². The van der Waals surface area contributed by atoms with Gasteiger partial charge in [0.25, 0.3) is 5.91 Å². The minimum Gasteiger partial charge on any atom is -0.497 e. The molecule has 1 atom stereocenters. The Morgan fingerprint density at radius 1 is 1.09 bits per heavy atom. The molecule has 172 valence electrons. The van der Waals surface area contributed by atoms with E-state index < -0.39 is 0 Å². The summed E-state index contributed by atoms with van der Waals surface area (Å²) in [4.78, 5) is 27.3.